The summed E-state index contributed by atoms with van der Waals surface area (Å²) in [5.74, 6) is 1.53. The van der Waals surface area contributed by atoms with Gasteiger partial charge in [-0.05, 0) is 42.5 Å². The number of rotatable bonds is 10. The van der Waals surface area contributed by atoms with Crippen molar-refractivity contribution in [1.29, 1.82) is 0 Å². The lowest BCUT2D eigenvalue weighted by Gasteiger charge is -2.08. The maximum Gasteiger partial charge on any atom is 0.230 e. The van der Waals surface area contributed by atoms with Crippen molar-refractivity contribution in [3.63, 3.8) is 0 Å². The van der Waals surface area contributed by atoms with Crippen LogP contribution >= 0.6 is 11.8 Å². The van der Waals surface area contributed by atoms with Gasteiger partial charge >= 0.3 is 0 Å². The number of H-pyrrole nitrogens is 1. The van der Waals surface area contributed by atoms with Crippen LogP contribution in [-0.2, 0) is 9.53 Å². The van der Waals surface area contributed by atoms with Gasteiger partial charge in [0.15, 0.2) is 11.5 Å². The van der Waals surface area contributed by atoms with Gasteiger partial charge in [0.1, 0.15) is 16.7 Å². The first-order valence-electron chi connectivity index (χ1n) is 9.52. The molecule has 2 aromatic carbocycles. The molecule has 0 spiro atoms. The largest absolute Gasteiger partial charge is 0.493 e. The van der Waals surface area contributed by atoms with Crippen LogP contribution in [0.15, 0.2) is 47.5 Å². The van der Waals surface area contributed by atoms with E-state index in [9.17, 15) is 9.18 Å². The molecule has 31 heavy (non-hydrogen) atoms. The zero-order chi connectivity index (χ0) is 22.2. The number of amides is 1. The van der Waals surface area contributed by atoms with E-state index in [4.69, 9.17) is 19.2 Å². The number of ether oxygens (including phenoxy) is 3. The summed E-state index contributed by atoms with van der Waals surface area (Å²) in [4.78, 5) is 20.1. The molecule has 1 heterocycles. The van der Waals surface area contributed by atoms with Crippen LogP contribution in [0.2, 0.25) is 0 Å². The number of nitrogens with one attached hydrogen (secondary N) is 2. The lowest BCUT2D eigenvalue weighted by Crippen LogP contribution is -2.28. The fraction of sp³-hybridized carbons (Fsp3) is 0.273. The van der Waals surface area contributed by atoms with Crippen molar-refractivity contribution in [2.24, 2.45) is 0 Å². The fourth-order valence-corrected chi connectivity index (χ4v) is 3.71. The molecule has 0 saturated carbocycles. The van der Waals surface area contributed by atoms with Gasteiger partial charge in [-0.2, -0.15) is 0 Å². The smallest absolute Gasteiger partial charge is 0.230 e. The molecule has 9 heteroatoms. The molecule has 3 rings (SSSR count). The van der Waals surface area contributed by atoms with E-state index in [1.54, 1.807) is 39.5 Å². The highest BCUT2D eigenvalue weighted by molar-refractivity contribution is 8.00. The molecule has 1 amide bonds. The van der Waals surface area contributed by atoms with Crippen LogP contribution in [-0.4, -0.2) is 56.1 Å². The first-order chi connectivity index (χ1) is 15.0. The lowest BCUT2D eigenvalue weighted by atomic mass is 10.1. The number of methoxy groups -OCH3 is 3. The molecule has 0 fully saturated rings. The van der Waals surface area contributed by atoms with Gasteiger partial charge in [0.2, 0.25) is 5.91 Å². The van der Waals surface area contributed by atoms with Gasteiger partial charge < -0.3 is 24.5 Å². The van der Waals surface area contributed by atoms with Crippen LogP contribution in [0.25, 0.3) is 22.6 Å². The van der Waals surface area contributed by atoms with Crippen molar-refractivity contribution in [2.75, 3.05) is 40.2 Å². The van der Waals surface area contributed by atoms with Crippen LogP contribution in [0, 0.1) is 5.82 Å². The predicted octanol–water partition coefficient (Wildman–Crippen LogP) is 3.75. The molecule has 2 N–H and O–H groups in total. The highest BCUT2D eigenvalue weighted by atomic mass is 32.2. The fourth-order valence-electron chi connectivity index (χ4n) is 2.87. The summed E-state index contributed by atoms with van der Waals surface area (Å²) < 4.78 is 29.0. The molecule has 0 aliphatic heterocycles. The maximum absolute atomic E-state index is 13.4. The molecule has 0 radical (unpaired) electrons. The third kappa shape index (κ3) is 5.77. The first kappa shape index (κ1) is 22.6. The van der Waals surface area contributed by atoms with Gasteiger partial charge in [-0.1, -0.05) is 11.8 Å². The molecule has 0 aliphatic rings. The Balaban J connectivity index is 1.90. The van der Waals surface area contributed by atoms with Crippen molar-refractivity contribution in [1.82, 2.24) is 15.3 Å². The number of benzene rings is 2. The van der Waals surface area contributed by atoms with E-state index in [0.29, 0.717) is 41.2 Å². The second-order valence-corrected chi connectivity index (χ2v) is 7.44. The zero-order valence-corrected chi connectivity index (χ0v) is 18.3. The molecule has 0 unspecified atom stereocenters. The Morgan fingerprint density at radius 3 is 2.45 bits per heavy atom. The highest BCUT2D eigenvalue weighted by Crippen LogP contribution is 2.35. The van der Waals surface area contributed by atoms with E-state index in [2.05, 4.69) is 10.3 Å². The molecule has 0 atom stereocenters. The van der Waals surface area contributed by atoms with Crippen LogP contribution in [0.3, 0.4) is 0 Å². The topological polar surface area (TPSA) is 85.5 Å². The number of imidazole rings is 1. The van der Waals surface area contributed by atoms with Gasteiger partial charge in [-0.3, -0.25) is 4.79 Å². The number of carbonyl (C=O) groups is 1. The van der Waals surface area contributed by atoms with Gasteiger partial charge in [-0.25, -0.2) is 9.37 Å². The average Bonchev–Trinajstić information content (AvgIpc) is 3.22. The summed E-state index contributed by atoms with van der Waals surface area (Å²) in [7, 11) is 4.72. The Morgan fingerprint density at radius 2 is 1.77 bits per heavy atom. The van der Waals surface area contributed by atoms with Crippen LogP contribution in [0.1, 0.15) is 0 Å². The quantitative estimate of drug-likeness (QED) is 0.365. The number of aromatic amines is 1. The van der Waals surface area contributed by atoms with Crippen molar-refractivity contribution >= 4 is 17.7 Å². The molecule has 1 aromatic heterocycles. The molecule has 0 bridgehead atoms. The summed E-state index contributed by atoms with van der Waals surface area (Å²) in [6.07, 6.45) is 0. The molecular formula is C22H24FN3O4S. The Bertz CT molecular complexity index is 1020. The minimum atomic E-state index is -0.324. The van der Waals surface area contributed by atoms with E-state index < -0.39 is 0 Å². The summed E-state index contributed by atoms with van der Waals surface area (Å²) >= 11 is 1.30. The van der Waals surface area contributed by atoms with Gasteiger partial charge in [0.05, 0.1) is 32.3 Å². The molecule has 0 saturated heterocycles. The number of carbonyl (C=O) groups excluding carboxylic acids is 1. The van der Waals surface area contributed by atoms with E-state index >= 15 is 0 Å². The Morgan fingerprint density at radius 1 is 1.06 bits per heavy atom. The van der Waals surface area contributed by atoms with Crippen molar-refractivity contribution < 1.29 is 23.4 Å². The summed E-state index contributed by atoms with van der Waals surface area (Å²) in [6, 6.07) is 11.6. The van der Waals surface area contributed by atoms with Crippen molar-refractivity contribution in [3.05, 3.63) is 48.3 Å². The first-order valence-corrected chi connectivity index (χ1v) is 10.5. The summed E-state index contributed by atoms with van der Waals surface area (Å²) in [6.45, 7) is 0.890. The van der Waals surface area contributed by atoms with Crippen LogP contribution in [0.5, 0.6) is 11.5 Å². The second-order valence-electron chi connectivity index (χ2n) is 6.47. The SMILES string of the molecule is COCCNC(=O)CSc1nc(-c2ccc(OC)c(OC)c2)[nH]c1-c1ccc(F)cc1. The van der Waals surface area contributed by atoms with Crippen molar-refractivity contribution in [3.8, 4) is 34.1 Å². The normalized spacial score (nSPS) is 10.7. The average molecular weight is 446 g/mol. The van der Waals surface area contributed by atoms with E-state index in [0.717, 1.165) is 11.1 Å². The number of nitrogens with zero attached hydrogens (tertiary/aromatic N) is 1. The number of halogens is 1. The van der Waals surface area contributed by atoms with Gasteiger partial charge in [-0.15, -0.1) is 0 Å². The number of hydrogen-bond donors (Lipinski definition) is 2. The standard InChI is InChI=1S/C22H24FN3O4S/c1-28-11-10-24-19(27)13-31-22-20(14-4-7-16(23)8-5-14)25-21(26-22)15-6-9-17(29-2)18(12-15)30-3/h4-9,12H,10-11,13H2,1-3H3,(H,24,27)(H,25,26). The molecule has 3 aromatic rings. The second kappa shape index (κ2) is 10.8. The lowest BCUT2D eigenvalue weighted by molar-refractivity contribution is -0.118. The van der Waals surface area contributed by atoms with Gasteiger partial charge in [0.25, 0.3) is 0 Å². The van der Waals surface area contributed by atoms with Crippen molar-refractivity contribution in [2.45, 2.75) is 5.03 Å². The van der Waals surface area contributed by atoms with E-state index in [-0.39, 0.29) is 17.5 Å². The summed E-state index contributed by atoms with van der Waals surface area (Å²) in [5.41, 5.74) is 2.26. The van der Waals surface area contributed by atoms with E-state index in [1.165, 1.54) is 23.9 Å². The Kier molecular flexibility index (Phi) is 7.91. The third-order valence-corrected chi connectivity index (χ3v) is 5.40. The minimum absolute atomic E-state index is 0.122. The monoisotopic (exact) mass is 445 g/mol. The highest BCUT2D eigenvalue weighted by Gasteiger charge is 2.17. The zero-order valence-electron chi connectivity index (χ0n) is 17.5. The minimum Gasteiger partial charge on any atom is -0.493 e. The Hall–Kier alpha value is -3.04. The van der Waals surface area contributed by atoms with Crippen LogP contribution < -0.4 is 14.8 Å². The molecule has 0 aliphatic carbocycles. The van der Waals surface area contributed by atoms with Crippen LogP contribution in [0.4, 0.5) is 4.39 Å². The number of aromatic nitrogens is 2. The molecular weight excluding hydrogens is 421 g/mol. The third-order valence-electron chi connectivity index (χ3n) is 4.43. The van der Waals surface area contributed by atoms with Gasteiger partial charge in [0, 0.05) is 24.8 Å². The number of thioether (sulfide) groups is 1. The Labute approximate surface area is 184 Å². The predicted molar refractivity (Wildman–Crippen MR) is 118 cm³/mol. The van der Waals surface area contributed by atoms with E-state index in [1.807, 2.05) is 12.1 Å². The maximum atomic E-state index is 13.4. The molecule has 164 valence electrons. The number of hydrogen-bond acceptors (Lipinski definition) is 6. The molecule has 7 nitrogen and oxygen atoms in total. The summed E-state index contributed by atoms with van der Waals surface area (Å²) in [5, 5.41) is 3.42.